The summed E-state index contributed by atoms with van der Waals surface area (Å²) in [6.07, 6.45) is 0. The molecule has 2 aromatic rings. The van der Waals surface area contributed by atoms with Crippen molar-refractivity contribution >= 4 is 5.82 Å². The van der Waals surface area contributed by atoms with Crippen LogP contribution in [0.15, 0.2) is 10.6 Å². The van der Waals surface area contributed by atoms with Gasteiger partial charge in [0.1, 0.15) is 11.6 Å². The molecule has 2 aromatic heterocycles. The molecule has 18 heavy (non-hydrogen) atoms. The average Bonchev–Trinajstić information content (AvgIpc) is 2.68. The molecule has 0 fully saturated rings. The Morgan fingerprint density at radius 2 is 1.94 bits per heavy atom. The standard InChI is InChI=1S/C13H18N4O/c1-7(2)10-6-11(14-5)16-13(15-10)12-8(3)17-18-9(12)4/h6-7H,1-5H3,(H,14,15,16). The second kappa shape index (κ2) is 4.76. The van der Waals surface area contributed by atoms with E-state index in [1.165, 1.54) is 0 Å². The Morgan fingerprint density at radius 3 is 2.44 bits per heavy atom. The highest BCUT2D eigenvalue weighted by molar-refractivity contribution is 5.62. The van der Waals surface area contributed by atoms with Gasteiger partial charge in [0.15, 0.2) is 5.82 Å². The number of rotatable bonds is 3. The molecule has 0 saturated carbocycles. The zero-order chi connectivity index (χ0) is 13.3. The largest absolute Gasteiger partial charge is 0.373 e. The van der Waals surface area contributed by atoms with Gasteiger partial charge in [-0.25, -0.2) is 9.97 Å². The third-order valence-electron chi connectivity index (χ3n) is 2.85. The molecule has 0 aliphatic heterocycles. The summed E-state index contributed by atoms with van der Waals surface area (Å²) in [5, 5.41) is 7.01. The highest BCUT2D eigenvalue weighted by Crippen LogP contribution is 2.26. The molecule has 5 heteroatoms. The van der Waals surface area contributed by atoms with Gasteiger partial charge in [0, 0.05) is 18.8 Å². The van der Waals surface area contributed by atoms with Gasteiger partial charge in [0.25, 0.3) is 0 Å². The lowest BCUT2D eigenvalue weighted by Gasteiger charge is -2.09. The van der Waals surface area contributed by atoms with Gasteiger partial charge in [-0.05, 0) is 19.8 Å². The Labute approximate surface area is 107 Å². The zero-order valence-electron chi connectivity index (χ0n) is 11.4. The van der Waals surface area contributed by atoms with Crippen LogP contribution in [0.25, 0.3) is 11.4 Å². The van der Waals surface area contributed by atoms with Gasteiger partial charge in [-0.2, -0.15) is 0 Å². The summed E-state index contributed by atoms with van der Waals surface area (Å²) in [5.74, 6) is 2.57. The third kappa shape index (κ3) is 2.20. The minimum atomic E-state index is 0.347. The molecule has 2 rings (SSSR count). The van der Waals surface area contributed by atoms with Crippen molar-refractivity contribution in [2.75, 3.05) is 12.4 Å². The van der Waals surface area contributed by atoms with Crippen LogP contribution in [0.1, 0.15) is 36.9 Å². The lowest BCUT2D eigenvalue weighted by molar-refractivity contribution is 0.393. The Bertz CT molecular complexity index is 541. The SMILES string of the molecule is CNc1cc(C(C)C)nc(-c2c(C)noc2C)n1. The van der Waals surface area contributed by atoms with E-state index in [9.17, 15) is 0 Å². The first-order chi connectivity index (χ1) is 8.52. The van der Waals surface area contributed by atoms with Crippen molar-refractivity contribution in [1.29, 1.82) is 0 Å². The molecule has 0 amide bonds. The fraction of sp³-hybridized carbons (Fsp3) is 0.462. The Balaban J connectivity index is 2.60. The zero-order valence-corrected chi connectivity index (χ0v) is 11.4. The van der Waals surface area contributed by atoms with Crippen LogP contribution in [-0.4, -0.2) is 22.2 Å². The fourth-order valence-corrected chi connectivity index (χ4v) is 1.80. The van der Waals surface area contributed by atoms with E-state index in [0.29, 0.717) is 11.7 Å². The van der Waals surface area contributed by atoms with Crippen molar-refractivity contribution in [2.24, 2.45) is 0 Å². The van der Waals surface area contributed by atoms with Crippen molar-refractivity contribution in [1.82, 2.24) is 15.1 Å². The Morgan fingerprint density at radius 1 is 1.22 bits per heavy atom. The van der Waals surface area contributed by atoms with Crippen molar-refractivity contribution < 1.29 is 4.52 Å². The number of aromatic nitrogens is 3. The van der Waals surface area contributed by atoms with Gasteiger partial charge < -0.3 is 9.84 Å². The maximum absolute atomic E-state index is 5.17. The highest BCUT2D eigenvalue weighted by Gasteiger charge is 2.16. The second-order valence-corrected chi connectivity index (χ2v) is 4.61. The summed E-state index contributed by atoms with van der Waals surface area (Å²) < 4.78 is 5.17. The van der Waals surface area contributed by atoms with Gasteiger partial charge in [-0.15, -0.1) is 0 Å². The molecule has 0 aliphatic rings. The monoisotopic (exact) mass is 246 g/mol. The van der Waals surface area contributed by atoms with E-state index in [1.807, 2.05) is 27.0 Å². The van der Waals surface area contributed by atoms with Crippen LogP contribution >= 0.6 is 0 Å². The summed E-state index contributed by atoms with van der Waals surface area (Å²) in [4.78, 5) is 9.07. The van der Waals surface area contributed by atoms with Crippen LogP contribution in [0.3, 0.4) is 0 Å². The maximum Gasteiger partial charge on any atom is 0.167 e. The van der Waals surface area contributed by atoms with Crippen LogP contribution < -0.4 is 5.32 Å². The molecule has 0 bridgehead atoms. The highest BCUT2D eigenvalue weighted by atomic mass is 16.5. The topological polar surface area (TPSA) is 63.8 Å². The predicted molar refractivity (Wildman–Crippen MR) is 70.6 cm³/mol. The molecule has 0 radical (unpaired) electrons. The molecule has 0 aliphatic carbocycles. The van der Waals surface area contributed by atoms with E-state index >= 15 is 0 Å². The van der Waals surface area contributed by atoms with Crippen molar-refractivity contribution in [3.8, 4) is 11.4 Å². The van der Waals surface area contributed by atoms with Gasteiger partial charge >= 0.3 is 0 Å². The van der Waals surface area contributed by atoms with Crippen molar-refractivity contribution in [2.45, 2.75) is 33.6 Å². The third-order valence-corrected chi connectivity index (χ3v) is 2.85. The number of hydrogen-bond donors (Lipinski definition) is 1. The number of hydrogen-bond acceptors (Lipinski definition) is 5. The van der Waals surface area contributed by atoms with Gasteiger partial charge in [0.05, 0.1) is 11.3 Å². The number of anilines is 1. The van der Waals surface area contributed by atoms with E-state index in [0.717, 1.165) is 28.5 Å². The second-order valence-electron chi connectivity index (χ2n) is 4.61. The minimum absolute atomic E-state index is 0.347. The summed E-state index contributed by atoms with van der Waals surface area (Å²) in [6.45, 7) is 7.99. The average molecular weight is 246 g/mol. The predicted octanol–water partition coefficient (Wildman–Crippen LogP) is 2.91. The van der Waals surface area contributed by atoms with E-state index in [2.05, 4.69) is 34.3 Å². The number of nitrogens with zero attached hydrogens (tertiary/aromatic N) is 3. The fourth-order valence-electron chi connectivity index (χ4n) is 1.80. The summed E-state index contributed by atoms with van der Waals surface area (Å²) in [6, 6.07) is 1.96. The van der Waals surface area contributed by atoms with Crippen LogP contribution in [0, 0.1) is 13.8 Å². The Kier molecular flexibility index (Phi) is 3.32. The number of nitrogens with one attached hydrogen (secondary N) is 1. The van der Waals surface area contributed by atoms with Crippen LogP contribution in [0.4, 0.5) is 5.82 Å². The van der Waals surface area contributed by atoms with E-state index < -0.39 is 0 Å². The lowest BCUT2D eigenvalue weighted by atomic mass is 10.1. The van der Waals surface area contributed by atoms with E-state index in [1.54, 1.807) is 0 Å². The summed E-state index contributed by atoms with van der Waals surface area (Å²) in [7, 11) is 1.85. The first-order valence-electron chi connectivity index (χ1n) is 6.03. The van der Waals surface area contributed by atoms with Crippen LogP contribution in [0.5, 0.6) is 0 Å². The van der Waals surface area contributed by atoms with E-state index in [4.69, 9.17) is 4.52 Å². The first-order valence-corrected chi connectivity index (χ1v) is 6.03. The van der Waals surface area contributed by atoms with Gasteiger partial charge in [-0.1, -0.05) is 19.0 Å². The molecule has 96 valence electrons. The molecule has 0 unspecified atom stereocenters. The smallest absolute Gasteiger partial charge is 0.167 e. The summed E-state index contributed by atoms with van der Waals surface area (Å²) >= 11 is 0. The minimum Gasteiger partial charge on any atom is -0.373 e. The van der Waals surface area contributed by atoms with Crippen LogP contribution in [0.2, 0.25) is 0 Å². The van der Waals surface area contributed by atoms with Crippen LogP contribution in [-0.2, 0) is 0 Å². The normalized spacial score (nSPS) is 11.0. The molecule has 1 N–H and O–H groups in total. The Hall–Kier alpha value is -1.91. The first kappa shape index (κ1) is 12.5. The van der Waals surface area contributed by atoms with Gasteiger partial charge in [-0.3, -0.25) is 0 Å². The van der Waals surface area contributed by atoms with E-state index in [-0.39, 0.29) is 0 Å². The molecule has 0 aromatic carbocycles. The summed E-state index contributed by atoms with van der Waals surface area (Å²) in [5.41, 5.74) is 2.70. The molecule has 0 atom stereocenters. The quantitative estimate of drug-likeness (QED) is 0.902. The molecule has 2 heterocycles. The maximum atomic E-state index is 5.17. The molecular weight excluding hydrogens is 228 g/mol. The molecule has 5 nitrogen and oxygen atoms in total. The molecule has 0 spiro atoms. The lowest BCUT2D eigenvalue weighted by Crippen LogP contribution is -2.02. The van der Waals surface area contributed by atoms with Crippen molar-refractivity contribution in [3.05, 3.63) is 23.2 Å². The molecule has 0 saturated heterocycles. The number of aryl methyl sites for hydroxylation is 2. The van der Waals surface area contributed by atoms with Crippen molar-refractivity contribution in [3.63, 3.8) is 0 Å². The molecular formula is C13H18N4O. The van der Waals surface area contributed by atoms with Gasteiger partial charge in [0.2, 0.25) is 0 Å².